The fourth-order valence-electron chi connectivity index (χ4n) is 4.64. The minimum atomic E-state index is -4.32. The van der Waals surface area contributed by atoms with Crippen molar-refractivity contribution in [3.63, 3.8) is 0 Å². The summed E-state index contributed by atoms with van der Waals surface area (Å²) in [7, 11) is 0. The molecule has 50 heavy (non-hydrogen) atoms. The Morgan fingerprint density at radius 2 is 1.10 bits per heavy atom. The summed E-state index contributed by atoms with van der Waals surface area (Å²) in [6, 6.07) is 15.2. The summed E-state index contributed by atoms with van der Waals surface area (Å²) in [6.45, 7) is 8.09. The van der Waals surface area contributed by atoms with E-state index < -0.39 is 35.6 Å². The van der Waals surface area contributed by atoms with Gasteiger partial charge in [-0.3, -0.25) is 9.80 Å². The van der Waals surface area contributed by atoms with E-state index in [1.54, 1.807) is 11.0 Å². The SMILES string of the molecule is O=C(O)/C=C/C(=O)O.O=C(O)/C=C/C(=O)O.O=C(OCc1ccccc1)N1CCN(CCN2CCN(c3cccc(C(F)(F)F)c3)CC2)CC1. The molecule has 0 spiro atoms. The van der Waals surface area contributed by atoms with Crippen LogP contribution in [-0.4, -0.2) is 131 Å². The topological polar surface area (TPSA) is 188 Å². The lowest BCUT2D eigenvalue weighted by molar-refractivity contribution is -0.137. The molecule has 2 heterocycles. The maximum Gasteiger partial charge on any atom is 0.416 e. The Morgan fingerprint density at radius 1 is 0.640 bits per heavy atom. The summed E-state index contributed by atoms with van der Waals surface area (Å²) < 4.78 is 44.4. The smallest absolute Gasteiger partial charge is 0.416 e. The largest absolute Gasteiger partial charge is 0.478 e. The molecule has 0 saturated carbocycles. The molecular weight excluding hydrogens is 669 g/mol. The number of rotatable bonds is 10. The van der Waals surface area contributed by atoms with Crippen LogP contribution in [0.4, 0.5) is 23.7 Å². The van der Waals surface area contributed by atoms with Gasteiger partial charge < -0.3 is 35.0 Å². The Hall–Kier alpha value is -5.42. The number of benzene rings is 2. The Morgan fingerprint density at radius 3 is 1.54 bits per heavy atom. The Balaban J connectivity index is 0.000000450. The number of amides is 1. The van der Waals surface area contributed by atoms with E-state index in [4.69, 9.17) is 25.2 Å². The molecule has 0 bridgehead atoms. The van der Waals surface area contributed by atoms with Crippen molar-refractivity contribution < 1.29 is 62.3 Å². The molecular formula is C33H39F3N4O10. The third-order valence-electron chi connectivity index (χ3n) is 7.22. The zero-order chi connectivity index (χ0) is 37.1. The number of carbonyl (C=O) groups excluding carboxylic acids is 1. The number of halogens is 3. The third kappa shape index (κ3) is 16.6. The monoisotopic (exact) mass is 708 g/mol. The Kier molecular flexibility index (Phi) is 17.0. The van der Waals surface area contributed by atoms with Gasteiger partial charge in [-0.25, -0.2) is 24.0 Å². The molecule has 14 nitrogen and oxygen atoms in total. The number of ether oxygens (including phenoxy) is 1. The van der Waals surface area contributed by atoms with Gasteiger partial charge in [-0.05, 0) is 23.8 Å². The molecule has 4 rings (SSSR count). The zero-order valence-corrected chi connectivity index (χ0v) is 26.9. The van der Waals surface area contributed by atoms with Crippen LogP contribution < -0.4 is 4.90 Å². The zero-order valence-electron chi connectivity index (χ0n) is 26.9. The maximum absolute atomic E-state index is 13.0. The molecule has 0 atom stereocenters. The van der Waals surface area contributed by atoms with Crippen molar-refractivity contribution in [2.75, 3.05) is 70.3 Å². The van der Waals surface area contributed by atoms with Crippen molar-refractivity contribution in [3.8, 4) is 0 Å². The first kappa shape index (κ1) is 40.8. The van der Waals surface area contributed by atoms with Gasteiger partial charge in [0.1, 0.15) is 6.61 Å². The number of hydrogen-bond donors (Lipinski definition) is 4. The van der Waals surface area contributed by atoms with Gasteiger partial charge in [-0.1, -0.05) is 36.4 Å². The van der Waals surface area contributed by atoms with E-state index in [2.05, 4.69) is 9.80 Å². The number of hydrogen-bond acceptors (Lipinski definition) is 9. The molecule has 2 aromatic rings. The van der Waals surface area contributed by atoms with Crippen molar-refractivity contribution in [2.45, 2.75) is 12.8 Å². The van der Waals surface area contributed by atoms with Crippen molar-refractivity contribution in [1.29, 1.82) is 0 Å². The predicted octanol–water partition coefficient (Wildman–Crippen LogP) is 3.21. The van der Waals surface area contributed by atoms with Crippen LogP contribution in [0, 0.1) is 0 Å². The molecule has 0 aliphatic carbocycles. The van der Waals surface area contributed by atoms with Gasteiger partial charge in [0.2, 0.25) is 0 Å². The second-order valence-corrected chi connectivity index (χ2v) is 10.8. The number of piperazine rings is 2. The molecule has 2 aromatic carbocycles. The van der Waals surface area contributed by atoms with Gasteiger partial charge in [-0.15, -0.1) is 0 Å². The Labute approximate surface area is 285 Å². The molecule has 2 aliphatic rings. The summed E-state index contributed by atoms with van der Waals surface area (Å²) in [4.78, 5) is 59.0. The molecule has 17 heteroatoms. The fraction of sp³-hybridized carbons (Fsp3) is 0.364. The highest BCUT2D eigenvalue weighted by atomic mass is 19.4. The van der Waals surface area contributed by atoms with Gasteiger partial charge in [0.25, 0.3) is 0 Å². The summed E-state index contributed by atoms with van der Waals surface area (Å²) in [5, 5.41) is 31.2. The first-order valence-corrected chi connectivity index (χ1v) is 15.2. The van der Waals surface area contributed by atoms with Crippen LogP contribution >= 0.6 is 0 Å². The average molecular weight is 709 g/mol. The minimum absolute atomic E-state index is 0.269. The number of alkyl halides is 3. The number of anilines is 1. The second kappa shape index (κ2) is 20.8. The van der Waals surface area contributed by atoms with Gasteiger partial charge in [0.15, 0.2) is 0 Å². The van der Waals surface area contributed by atoms with Crippen LogP contribution in [0.25, 0.3) is 0 Å². The van der Waals surface area contributed by atoms with E-state index in [0.29, 0.717) is 56.2 Å². The van der Waals surface area contributed by atoms with Crippen LogP contribution in [0.5, 0.6) is 0 Å². The standard InChI is InChI=1S/C25H31F3N4O2.2C4H4O4/c26-25(27,28)22-7-4-8-23(19-22)31-15-11-29(12-16-31)9-10-30-13-17-32(18-14-30)24(33)34-20-21-5-2-1-3-6-21;2*5-3(6)1-2-4(7)8/h1-8,19H,9-18,20H2;2*1-2H,(H,5,6)(H,7,8)/b;2*2-1+. The van der Waals surface area contributed by atoms with Crippen molar-refractivity contribution >= 4 is 35.7 Å². The van der Waals surface area contributed by atoms with Crippen LogP contribution in [-0.2, 0) is 36.7 Å². The fourth-order valence-corrected chi connectivity index (χ4v) is 4.64. The first-order valence-electron chi connectivity index (χ1n) is 15.2. The van der Waals surface area contributed by atoms with E-state index in [-0.39, 0.29) is 12.7 Å². The molecule has 2 saturated heterocycles. The first-order chi connectivity index (χ1) is 23.6. The third-order valence-corrected chi connectivity index (χ3v) is 7.22. The van der Waals surface area contributed by atoms with E-state index in [9.17, 15) is 37.1 Å². The lowest BCUT2D eigenvalue weighted by atomic mass is 10.1. The predicted molar refractivity (Wildman–Crippen MR) is 174 cm³/mol. The van der Waals surface area contributed by atoms with Crippen LogP contribution in [0.3, 0.4) is 0 Å². The number of aliphatic carboxylic acids is 4. The van der Waals surface area contributed by atoms with E-state index in [1.165, 1.54) is 12.1 Å². The van der Waals surface area contributed by atoms with E-state index in [1.807, 2.05) is 35.2 Å². The average Bonchev–Trinajstić information content (AvgIpc) is 3.09. The molecule has 272 valence electrons. The number of carboxylic acid groups (broad SMARTS) is 4. The molecule has 0 aromatic heterocycles. The number of nitrogens with zero attached hydrogens (tertiary/aromatic N) is 4. The molecule has 4 N–H and O–H groups in total. The lowest BCUT2D eigenvalue weighted by Gasteiger charge is -2.38. The summed E-state index contributed by atoms with van der Waals surface area (Å²) in [5.74, 6) is -5.03. The summed E-state index contributed by atoms with van der Waals surface area (Å²) >= 11 is 0. The highest BCUT2D eigenvalue weighted by Crippen LogP contribution is 2.31. The molecule has 2 aliphatic heterocycles. The quantitative estimate of drug-likeness (QED) is 0.264. The molecule has 0 unspecified atom stereocenters. The molecule has 0 radical (unpaired) electrons. The van der Waals surface area contributed by atoms with E-state index >= 15 is 0 Å². The minimum Gasteiger partial charge on any atom is -0.478 e. The number of carboxylic acids is 4. The summed E-state index contributed by atoms with van der Waals surface area (Å²) in [5.41, 5.74) is 1.00. The highest BCUT2D eigenvalue weighted by molar-refractivity contribution is 5.90. The number of carbonyl (C=O) groups is 5. The van der Waals surface area contributed by atoms with Gasteiger partial charge >= 0.3 is 36.1 Å². The summed E-state index contributed by atoms with van der Waals surface area (Å²) in [6.07, 6.45) is -2.36. The molecule has 1 amide bonds. The van der Waals surface area contributed by atoms with E-state index in [0.717, 1.165) is 50.9 Å². The van der Waals surface area contributed by atoms with Crippen LogP contribution in [0.15, 0.2) is 78.9 Å². The van der Waals surface area contributed by atoms with Gasteiger partial charge in [0.05, 0.1) is 5.56 Å². The lowest BCUT2D eigenvalue weighted by Crippen LogP contribution is -2.52. The molecule has 2 fully saturated rings. The van der Waals surface area contributed by atoms with Crippen LogP contribution in [0.2, 0.25) is 0 Å². The second-order valence-electron chi connectivity index (χ2n) is 10.8. The van der Waals surface area contributed by atoms with Crippen molar-refractivity contribution in [3.05, 3.63) is 90.0 Å². The van der Waals surface area contributed by atoms with Crippen LogP contribution in [0.1, 0.15) is 11.1 Å². The highest BCUT2D eigenvalue weighted by Gasteiger charge is 2.31. The van der Waals surface area contributed by atoms with Gasteiger partial charge in [0, 0.05) is 95.4 Å². The normalized spacial score (nSPS) is 15.4. The van der Waals surface area contributed by atoms with Crippen molar-refractivity contribution in [1.82, 2.24) is 14.7 Å². The Bertz CT molecular complexity index is 1410. The van der Waals surface area contributed by atoms with Crippen molar-refractivity contribution in [2.24, 2.45) is 0 Å². The van der Waals surface area contributed by atoms with Gasteiger partial charge in [-0.2, -0.15) is 13.2 Å². The maximum atomic E-state index is 13.0.